The van der Waals surface area contributed by atoms with E-state index in [9.17, 15) is 15.0 Å². The third-order valence-corrected chi connectivity index (χ3v) is 4.17. The molecule has 1 aliphatic heterocycles. The molecule has 0 aromatic heterocycles. The highest BCUT2D eigenvalue weighted by Gasteiger charge is 2.31. The lowest BCUT2D eigenvalue weighted by Crippen LogP contribution is -2.41. The minimum Gasteiger partial charge on any atom is -0.508 e. The molecule has 1 amide bonds. The Morgan fingerprint density at radius 3 is 2.55 bits per heavy atom. The van der Waals surface area contributed by atoms with Gasteiger partial charge in [-0.3, -0.25) is 4.79 Å². The van der Waals surface area contributed by atoms with Crippen LogP contribution in [0, 0.1) is 0 Å². The zero-order chi connectivity index (χ0) is 16.2. The summed E-state index contributed by atoms with van der Waals surface area (Å²) in [5, 5.41) is 19.9. The predicted molar refractivity (Wildman–Crippen MR) is 85.7 cm³/mol. The van der Waals surface area contributed by atoms with Gasteiger partial charge < -0.3 is 20.0 Å². The average molecular weight is 306 g/mol. The highest BCUT2D eigenvalue weighted by Crippen LogP contribution is 2.23. The van der Waals surface area contributed by atoms with Crippen LogP contribution in [0.4, 0.5) is 0 Å². The van der Waals surface area contributed by atoms with Crippen molar-refractivity contribution in [1.82, 2.24) is 9.80 Å². The van der Waals surface area contributed by atoms with Gasteiger partial charge in [0.2, 0.25) is 5.91 Å². The Hall–Kier alpha value is -1.59. The summed E-state index contributed by atoms with van der Waals surface area (Å²) >= 11 is 0. The van der Waals surface area contributed by atoms with Gasteiger partial charge in [0, 0.05) is 19.6 Å². The number of benzene rings is 1. The fourth-order valence-electron chi connectivity index (χ4n) is 3.08. The van der Waals surface area contributed by atoms with Crippen molar-refractivity contribution in [1.29, 1.82) is 0 Å². The molecule has 22 heavy (non-hydrogen) atoms. The molecule has 1 atom stereocenters. The van der Waals surface area contributed by atoms with E-state index < -0.39 is 5.60 Å². The number of hydrogen-bond acceptors (Lipinski definition) is 4. The Bertz CT molecular complexity index is 501. The second kappa shape index (κ2) is 7.11. The van der Waals surface area contributed by atoms with Crippen molar-refractivity contribution in [3.8, 4) is 5.75 Å². The first-order chi connectivity index (χ1) is 10.4. The summed E-state index contributed by atoms with van der Waals surface area (Å²) in [7, 11) is 3.91. The molecule has 0 bridgehead atoms. The lowest BCUT2D eigenvalue weighted by molar-refractivity contribution is -0.130. The summed E-state index contributed by atoms with van der Waals surface area (Å²) < 4.78 is 0. The summed E-state index contributed by atoms with van der Waals surface area (Å²) in [5.74, 6) is 0.291. The molecule has 0 spiro atoms. The van der Waals surface area contributed by atoms with Crippen molar-refractivity contribution in [2.45, 2.75) is 31.3 Å². The number of likely N-dealkylation sites (N-methyl/N-ethyl adjacent to an activating group) is 1. The van der Waals surface area contributed by atoms with Gasteiger partial charge in [-0.25, -0.2) is 0 Å². The molecule has 1 aromatic rings. The standard InChI is InChI=1S/C17H26N2O3/c1-18(2)13-17(22)8-3-10-19(11-9-17)16(21)12-14-4-6-15(20)7-5-14/h4-7,20,22H,3,8-13H2,1-2H3/t17-/m1/s1. The van der Waals surface area contributed by atoms with Gasteiger partial charge in [-0.2, -0.15) is 0 Å². The van der Waals surface area contributed by atoms with Gasteiger partial charge in [0.25, 0.3) is 0 Å². The molecule has 2 N–H and O–H groups in total. The van der Waals surface area contributed by atoms with E-state index in [4.69, 9.17) is 0 Å². The van der Waals surface area contributed by atoms with E-state index >= 15 is 0 Å². The maximum Gasteiger partial charge on any atom is 0.226 e. The van der Waals surface area contributed by atoms with Crippen molar-refractivity contribution in [2.75, 3.05) is 33.7 Å². The highest BCUT2D eigenvalue weighted by molar-refractivity contribution is 5.78. The molecular formula is C17H26N2O3. The monoisotopic (exact) mass is 306 g/mol. The Labute approximate surface area is 132 Å². The average Bonchev–Trinajstić information content (AvgIpc) is 2.62. The molecule has 1 aromatic carbocycles. The first-order valence-corrected chi connectivity index (χ1v) is 7.81. The van der Waals surface area contributed by atoms with Crippen LogP contribution in [0.5, 0.6) is 5.75 Å². The van der Waals surface area contributed by atoms with Gasteiger partial charge in [-0.1, -0.05) is 12.1 Å². The number of aliphatic hydroxyl groups is 1. The first kappa shape index (κ1) is 16.8. The van der Waals surface area contributed by atoms with E-state index in [1.807, 2.05) is 23.9 Å². The van der Waals surface area contributed by atoms with Crippen LogP contribution < -0.4 is 0 Å². The summed E-state index contributed by atoms with van der Waals surface area (Å²) in [6.45, 7) is 1.93. The van der Waals surface area contributed by atoms with Gasteiger partial charge in [-0.15, -0.1) is 0 Å². The van der Waals surface area contributed by atoms with Crippen LogP contribution in [0.25, 0.3) is 0 Å². The number of nitrogens with zero attached hydrogens (tertiary/aromatic N) is 2. The molecule has 5 heteroatoms. The van der Waals surface area contributed by atoms with E-state index in [1.54, 1.807) is 24.3 Å². The van der Waals surface area contributed by atoms with Gasteiger partial charge in [-0.05, 0) is 51.1 Å². The Morgan fingerprint density at radius 1 is 1.23 bits per heavy atom. The number of likely N-dealkylation sites (tertiary alicyclic amines) is 1. The first-order valence-electron chi connectivity index (χ1n) is 7.81. The normalized spacial score (nSPS) is 22.6. The zero-order valence-corrected chi connectivity index (χ0v) is 13.5. The minimum absolute atomic E-state index is 0.0831. The van der Waals surface area contributed by atoms with Crippen molar-refractivity contribution in [3.63, 3.8) is 0 Å². The van der Waals surface area contributed by atoms with E-state index in [0.717, 1.165) is 18.4 Å². The Morgan fingerprint density at radius 2 is 1.91 bits per heavy atom. The molecule has 1 saturated heterocycles. The van der Waals surface area contributed by atoms with E-state index in [-0.39, 0.29) is 11.7 Å². The van der Waals surface area contributed by atoms with Crippen LogP contribution in [0.2, 0.25) is 0 Å². The lowest BCUT2D eigenvalue weighted by Gasteiger charge is -2.30. The summed E-state index contributed by atoms with van der Waals surface area (Å²) in [6, 6.07) is 6.74. The van der Waals surface area contributed by atoms with Gasteiger partial charge in [0.15, 0.2) is 0 Å². The molecule has 5 nitrogen and oxygen atoms in total. The minimum atomic E-state index is -0.697. The number of amides is 1. The molecule has 1 heterocycles. The lowest BCUT2D eigenvalue weighted by atomic mass is 9.94. The smallest absolute Gasteiger partial charge is 0.226 e. The van der Waals surface area contributed by atoms with Crippen LogP contribution in [0.1, 0.15) is 24.8 Å². The fraction of sp³-hybridized carbons (Fsp3) is 0.588. The Kier molecular flexibility index (Phi) is 5.42. The molecule has 122 valence electrons. The van der Waals surface area contributed by atoms with Crippen LogP contribution in [-0.2, 0) is 11.2 Å². The molecule has 1 fully saturated rings. The van der Waals surface area contributed by atoms with Crippen molar-refractivity contribution < 1.29 is 15.0 Å². The molecule has 1 aliphatic rings. The maximum absolute atomic E-state index is 12.4. The number of rotatable bonds is 4. The molecular weight excluding hydrogens is 280 g/mol. The van der Waals surface area contributed by atoms with Crippen molar-refractivity contribution >= 4 is 5.91 Å². The number of phenolic OH excluding ortho intramolecular Hbond substituents is 1. The largest absolute Gasteiger partial charge is 0.508 e. The van der Waals surface area contributed by atoms with Gasteiger partial charge >= 0.3 is 0 Å². The second-order valence-corrected chi connectivity index (χ2v) is 6.54. The fourth-order valence-corrected chi connectivity index (χ4v) is 3.08. The summed E-state index contributed by atoms with van der Waals surface area (Å²) in [5.41, 5.74) is 0.201. The molecule has 0 radical (unpaired) electrons. The predicted octanol–water partition coefficient (Wildman–Crippen LogP) is 1.24. The second-order valence-electron chi connectivity index (χ2n) is 6.54. The van der Waals surface area contributed by atoms with E-state index in [2.05, 4.69) is 0 Å². The van der Waals surface area contributed by atoms with E-state index in [1.165, 1.54) is 0 Å². The number of phenols is 1. The van der Waals surface area contributed by atoms with E-state index in [0.29, 0.717) is 32.5 Å². The molecule has 0 unspecified atom stereocenters. The van der Waals surface area contributed by atoms with Crippen LogP contribution >= 0.6 is 0 Å². The number of hydrogen-bond donors (Lipinski definition) is 2. The van der Waals surface area contributed by atoms with Gasteiger partial charge in [0.05, 0.1) is 12.0 Å². The Balaban J connectivity index is 1.92. The van der Waals surface area contributed by atoms with Crippen LogP contribution in [0.3, 0.4) is 0 Å². The highest BCUT2D eigenvalue weighted by atomic mass is 16.3. The molecule has 2 rings (SSSR count). The SMILES string of the molecule is CN(C)C[C@@]1(O)CCCN(C(=O)Cc2ccc(O)cc2)CC1. The number of aromatic hydroxyl groups is 1. The molecule has 0 saturated carbocycles. The topological polar surface area (TPSA) is 64.0 Å². The number of carbonyl (C=O) groups excluding carboxylic acids is 1. The van der Waals surface area contributed by atoms with Crippen LogP contribution in [-0.4, -0.2) is 65.3 Å². The van der Waals surface area contributed by atoms with Gasteiger partial charge in [0.1, 0.15) is 5.75 Å². The maximum atomic E-state index is 12.4. The summed E-state index contributed by atoms with van der Waals surface area (Å²) in [6.07, 6.45) is 2.51. The zero-order valence-electron chi connectivity index (χ0n) is 13.5. The molecule has 0 aliphatic carbocycles. The van der Waals surface area contributed by atoms with Crippen molar-refractivity contribution in [3.05, 3.63) is 29.8 Å². The third-order valence-electron chi connectivity index (χ3n) is 4.17. The number of carbonyl (C=O) groups is 1. The summed E-state index contributed by atoms with van der Waals surface area (Å²) in [4.78, 5) is 16.3. The van der Waals surface area contributed by atoms with Crippen LogP contribution in [0.15, 0.2) is 24.3 Å². The van der Waals surface area contributed by atoms with Crippen molar-refractivity contribution in [2.24, 2.45) is 0 Å². The third kappa shape index (κ3) is 4.71. The quantitative estimate of drug-likeness (QED) is 0.878.